The minimum atomic E-state index is -0.651. The summed E-state index contributed by atoms with van der Waals surface area (Å²) in [6, 6.07) is 0. The molecule has 1 rings (SSSR count). The number of rotatable bonds is 18. The van der Waals surface area contributed by atoms with Gasteiger partial charge in [-0.2, -0.15) is 0 Å². The highest BCUT2D eigenvalue weighted by molar-refractivity contribution is 5.66. The van der Waals surface area contributed by atoms with Gasteiger partial charge in [0, 0.05) is 6.42 Å². The molecule has 0 unspecified atom stereocenters. The van der Waals surface area contributed by atoms with Crippen LogP contribution in [0.2, 0.25) is 0 Å². The average Bonchev–Trinajstić information content (AvgIpc) is 2.65. The smallest absolute Gasteiger partial charge is 0.303 e. The zero-order valence-corrected chi connectivity index (χ0v) is 17.3. The lowest BCUT2D eigenvalue weighted by Crippen LogP contribution is -2.27. The molecule has 0 aromatic heterocycles. The fourth-order valence-electron chi connectivity index (χ4n) is 4.18. The van der Waals surface area contributed by atoms with Crippen LogP contribution in [0.5, 0.6) is 0 Å². The largest absolute Gasteiger partial charge is 0.481 e. The van der Waals surface area contributed by atoms with E-state index in [-0.39, 0.29) is 0 Å². The maximum absolute atomic E-state index is 10.4. The number of hydrogen-bond acceptors (Lipinski definition) is 2. The Morgan fingerprint density at radius 3 is 1.46 bits per heavy atom. The van der Waals surface area contributed by atoms with E-state index < -0.39 is 5.97 Å². The van der Waals surface area contributed by atoms with E-state index in [4.69, 9.17) is 5.11 Å². The first kappa shape index (κ1) is 23.5. The summed E-state index contributed by atoms with van der Waals surface area (Å²) in [5, 5.41) is 12.0. The fourth-order valence-corrected chi connectivity index (χ4v) is 4.18. The molecule has 1 aliphatic heterocycles. The van der Waals surface area contributed by atoms with Gasteiger partial charge in [-0.3, -0.25) is 4.79 Å². The van der Waals surface area contributed by atoms with Crippen LogP contribution < -0.4 is 5.32 Å². The molecule has 1 aliphatic rings. The molecule has 154 valence electrons. The molecule has 0 aromatic carbocycles. The van der Waals surface area contributed by atoms with E-state index in [9.17, 15) is 4.79 Å². The molecule has 0 aliphatic carbocycles. The van der Waals surface area contributed by atoms with E-state index in [2.05, 4.69) is 5.32 Å². The first-order valence-electron chi connectivity index (χ1n) is 11.7. The summed E-state index contributed by atoms with van der Waals surface area (Å²) >= 11 is 0. The highest BCUT2D eigenvalue weighted by atomic mass is 16.4. The summed E-state index contributed by atoms with van der Waals surface area (Å²) < 4.78 is 0. The molecule has 0 atom stereocenters. The predicted octanol–water partition coefficient (Wildman–Crippen LogP) is 6.70. The van der Waals surface area contributed by atoms with E-state index in [0.717, 1.165) is 18.8 Å². The monoisotopic (exact) mass is 367 g/mol. The second kappa shape index (κ2) is 17.8. The van der Waals surface area contributed by atoms with Crippen LogP contribution in [-0.4, -0.2) is 24.2 Å². The lowest BCUT2D eigenvalue weighted by atomic mass is 9.92. The third kappa shape index (κ3) is 15.7. The Balaban J connectivity index is 1.66. The van der Waals surface area contributed by atoms with Crippen molar-refractivity contribution in [3.63, 3.8) is 0 Å². The summed E-state index contributed by atoms with van der Waals surface area (Å²) in [5.74, 6) is 0.364. The number of nitrogens with one attached hydrogen (secondary N) is 1. The van der Waals surface area contributed by atoms with Gasteiger partial charge in [-0.15, -0.1) is 0 Å². The van der Waals surface area contributed by atoms with Gasteiger partial charge in [0.1, 0.15) is 0 Å². The molecule has 2 N–H and O–H groups in total. The molecule has 0 aromatic rings. The topological polar surface area (TPSA) is 49.3 Å². The van der Waals surface area contributed by atoms with Crippen molar-refractivity contribution in [3.05, 3.63) is 0 Å². The molecule has 1 fully saturated rings. The minimum Gasteiger partial charge on any atom is -0.481 e. The van der Waals surface area contributed by atoms with Crippen molar-refractivity contribution in [1.82, 2.24) is 5.32 Å². The van der Waals surface area contributed by atoms with Gasteiger partial charge in [-0.1, -0.05) is 96.3 Å². The van der Waals surface area contributed by atoms with Gasteiger partial charge in [0.05, 0.1) is 0 Å². The number of aliphatic carboxylic acids is 1. The summed E-state index contributed by atoms with van der Waals surface area (Å²) in [6.45, 7) is 2.49. The van der Waals surface area contributed by atoms with E-state index in [1.54, 1.807) is 0 Å². The Morgan fingerprint density at radius 2 is 1.04 bits per heavy atom. The number of carboxylic acids is 1. The summed E-state index contributed by atoms with van der Waals surface area (Å²) in [7, 11) is 0. The quantitative estimate of drug-likeness (QED) is 0.265. The second-order valence-corrected chi connectivity index (χ2v) is 8.43. The van der Waals surface area contributed by atoms with Gasteiger partial charge < -0.3 is 10.4 Å². The molecule has 3 heteroatoms. The normalized spacial score (nSPS) is 15.4. The van der Waals surface area contributed by atoms with Gasteiger partial charge in [0.15, 0.2) is 0 Å². The maximum atomic E-state index is 10.4. The van der Waals surface area contributed by atoms with Gasteiger partial charge in [-0.05, 0) is 38.3 Å². The zero-order valence-electron chi connectivity index (χ0n) is 17.3. The minimum absolute atomic E-state index is 0.345. The SMILES string of the molecule is O=C(O)CCCCCCCCCCCCCCCCCC1CCNCC1. The van der Waals surface area contributed by atoms with Crippen LogP contribution >= 0.6 is 0 Å². The number of carboxylic acid groups (broad SMARTS) is 1. The Labute approximate surface area is 162 Å². The average molecular weight is 368 g/mol. The van der Waals surface area contributed by atoms with E-state index in [1.807, 2.05) is 0 Å². The van der Waals surface area contributed by atoms with Crippen LogP contribution in [0.4, 0.5) is 0 Å². The van der Waals surface area contributed by atoms with E-state index in [1.165, 1.54) is 116 Å². The Hall–Kier alpha value is -0.570. The first-order valence-corrected chi connectivity index (χ1v) is 11.7. The molecule has 1 heterocycles. The van der Waals surface area contributed by atoms with Crippen LogP contribution in [0.3, 0.4) is 0 Å². The Kier molecular flexibility index (Phi) is 16.1. The molecule has 1 saturated heterocycles. The van der Waals surface area contributed by atoms with Crippen LogP contribution in [0.1, 0.15) is 122 Å². The molecular weight excluding hydrogens is 322 g/mol. The summed E-state index contributed by atoms with van der Waals surface area (Å²) in [6.07, 6.45) is 24.7. The lowest BCUT2D eigenvalue weighted by Gasteiger charge is -2.22. The number of hydrogen-bond donors (Lipinski definition) is 2. The third-order valence-electron chi connectivity index (χ3n) is 5.96. The summed E-state index contributed by atoms with van der Waals surface area (Å²) in [4.78, 5) is 10.4. The van der Waals surface area contributed by atoms with Gasteiger partial charge in [-0.25, -0.2) is 0 Å². The van der Waals surface area contributed by atoms with Gasteiger partial charge >= 0.3 is 5.97 Å². The van der Waals surface area contributed by atoms with Crippen molar-refractivity contribution in [3.8, 4) is 0 Å². The van der Waals surface area contributed by atoms with Crippen LogP contribution in [0, 0.1) is 5.92 Å². The van der Waals surface area contributed by atoms with Crippen LogP contribution in [-0.2, 0) is 4.79 Å². The molecular formula is C23H45NO2. The number of unbranched alkanes of at least 4 members (excludes halogenated alkanes) is 14. The van der Waals surface area contributed by atoms with E-state index >= 15 is 0 Å². The standard InChI is InChI=1S/C23H45NO2/c25-23(26)17-15-13-11-9-7-5-3-1-2-4-6-8-10-12-14-16-22-18-20-24-21-19-22/h22,24H,1-21H2,(H,25,26). The highest BCUT2D eigenvalue weighted by Crippen LogP contribution is 2.20. The van der Waals surface area contributed by atoms with Crippen LogP contribution in [0.25, 0.3) is 0 Å². The molecule has 3 nitrogen and oxygen atoms in total. The van der Waals surface area contributed by atoms with Gasteiger partial charge in [0.2, 0.25) is 0 Å². The third-order valence-corrected chi connectivity index (χ3v) is 5.96. The number of piperidine rings is 1. The molecule has 0 amide bonds. The van der Waals surface area contributed by atoms with Gasteiger partial charge in [0.25, 0.3) is 0 Å². The molecule has 0 radical (unpaired) electrons. The molecule has 0 spiro atoms. The van der Waals surface area contributed by atoms with Crippen molar-refractivity contribution < 1.29 is 9.90 Å². The lowest BCUT2D eigenvalue weighted by molar-refractivity contribution is -0.137. The van der Waals surface area contributed by atoms with Crippen molar-refractivity contribution in [2.75, 3.05) is 13.1 Å². The van der Waals surface area contributed by atoms with Crippen molar-refractivity contribution in [1.29, 1.82) is 0 Å². The maximum Gasteiger partial charge on any atom is 0.303 e. The molecule has 0 saturated carbocycles. The zero-order chi connectivity index (χ0) is 18.7. The molecule has 0 bridgehead atoms. The Bertz CT molecular complexity index is 313. The number of carbonyl (C=O) groups is 1. The Morgan fingerprint density at radius 1 is 0.654 bits per heavy atom. The highest BCUT2D eigenvalue weighted by Gasteiger charge is 2.11. The van der Waals surface area contributed by atoms with Crippen molar-refractivity contribution in [2.45, 2.75) is 122 Å². The van der Waals surface area contributed by atoms with E-state index in [0.29, 0.717) is 6.42 Å². The first-order chi connectivity index (χ1) is 12.8. The predicted molar refractivity (Wildman–Crippen MR) is 112 cm³/mol. The fraction of sp³-hybridized carbons (Fsp3) is 0.957. The van der Waals surface area contributed by atoms with Crippen molar-refractivity contribution in [2.24, 2.45) is 5.92 Å². The second-order valence-electron chi connectivity index (χ2n) is 8.43. The van der Waals surface area contributed by atoms with Crippen LogP contribution in [0.15, 0.2) is 0 Å². The molecule has 26 heavy (non-hydrogen) atoms. The van der Waals surface area contributed by atoms with Crippen molar-refractivity contribution >= 4 is 5.97 Å². The summed E-state index contributed by atoms with van der Waals surface area (Å²) in [5.41, 5.74) is 0.